The van der Waals surface area contributed by atoms with Crippen LogP contribution < -0.4 is 10.6 Å². The number of hydrogen-bond donors (Lipinski definition) is 2. The van der Waals surface area contributed by atoms with Crippen LogP contribution in [-0.2, 0) is 20.8 Å². The number of carbonyl (C=O) groups excluding carboxylic acids is 1. The fourth-order valence-electron chi connectivity index (χ4n) is 3.17. The molecule has 0 aliphatic carbocycles. The van der Waals surface area contributed by atoms with E-state index in [1.165, 1.54) is 6.42 Å². The van der Waals surface area contributed by atoms with Crippen molar-refractivity contribution in [3.63, 3.8) is 0 Å². The standard InChI is InChI=1S/C19H28N2O4/c22-19(20-12-17-8-4-10-24-17)21-16-6-3-5-15(11-16)13-23-14-18-7-1-2-9-25-18/h3,5-6,11,17-18H,1-2,4,7-10,12-14H2,(H2,20,21,22)/t17-,18-/m1/s1. The lowest BCUT2D eigenvalue weighted by Crippen LogP contribution is -2.35. The van der Waals surface area contributed by atoms with Crippen molar-refractivity contribution in [1.29, 1.82) is 0 Å². The minimum atomic E-state index is -0.204. The summed E-state index contributed by atoms with van der Waals surface area (Å²) < 4.78 is 16.9. The van der Waals surface area contributed by atoms with E-state index in [-0.39, 0.29) is 18.2 Å². The van der Waals surface area contributed by atoms with E-state index in [4.69, 9.17) is 14.2 Å². The van der Waals surface area contributed by atoms with Crippen molar-refractivity contribution in [3.8, 4) is 0 Å². The number of rotatable bonds is 7. The number of amides is 2. The van der Waals surface area contributed by atoms with Gasteiger partial charge in [-0.15, -0.1) is 0 Å². The Labute approximate surface area is 149 Å². The Morgan fingerprint density at radius 2 is 1.96 bits per heavy atom. The lowest BCUT2D eigenvalue weighted by molar-refractivity contribution is -0.0447. The first-order valence-electron chi connectivity index (χ1n) is 9.24. The Kier molecular flexibility index (Phi) is 7.09. The predicted octanol–water partition coefficient (Wildman–Crippen LogP) is 3.07. The zero-order valence-electron chi connectivity index (χ0n) is 14.7. The van der Waals surface area contributed by atoms with Gasteiger partial charge in [-0.1, -0.05) is 12.1 Å². The van der Waals surface area contributed by atoms with Crippen molar-refractivity contribution in [1.82, 2.24) is 5.32 Å². The number of ether oxygens (including phenoxy) is 3. The largest absolute Gasteiger partial charge is 0.376 e. The van der Waals surface area contributed by atoms with Gasteiger partial charge in [0.25, 0.3) is 0 Å². The van der Waals surface area contributed by atoms with Gasteiger partial charge >= 0.3 is 6.03 Å². The first-order valence-corrected chi connectivity index (χ1v) is 9.24. The smallest absolute Gasteiger partial charge is 0.319 e. The molecule has 0 unspecified atom stereocenters. The predicted molar refractivity (Wildman–Crippen MR) is 95.7 cm³/mol. The van der Waals surface area contributed by atoms with Crippen molar-refractivity contribution >= 4 is 11.7 Å². The average molecular weight is 348 g/mol. The van der Waals surface area contributed by atoms with Gasteiger partial charge in [-0.05, 0) is 49.8 Å². The summed E-state index contributed by atoms with van der Waals surface area (Å²) in [6.45, 7) is 3.33. The summed E-state index contributed by atoms with van der Waals surface area (Å²) in [7, 11) is 0. The Morgan fingerprint density at radius 1 is 1.12 bits per heavy atom. The molecule has 25 heavy (non-hydrogen) atoms. The van der Waals surface area contributed by atoms with Crippen LogP contribution in [0.5, 0.6) is 0 Å². The first kappa shape index (κ1) is 18.2. The molecule has 0 spiro atoms. The molecule has 2 saturated heterocycles. The molecule has 138 valence electrons. The lowest BCUT2D eigenvalue weighted by Gasteiger charge is -2.22. The molecular weight excluding hydrogens is 320 g/mol. The molecule has 2 heterocycles. The van der Waals surface area contributed by atoms with Crippen LogP contribution >= 0.6 is 0 Å². The molecule has 0 bridgehead atoms. The fourth-order valence-corrected chi connectivity index (χ4v) is 3.17. The fraction of sp³-hybridized carbons (Fsp3) is 0.632. The maximum Gasteiger partial charge on any atom is 0.319 e. The number of urea groups is 1. The molecule has 2 aliphatic rings. The molecule has 0 radical (unpaired) electrons. The monoisotopic (exact) mass is 348 g/mol. The summed E-state index contributed by atoms with van der Waals surface area (Å²) >= 11 is 0. The van der Waals surface area contributed by atoms with Gasteiger partial charge in [-0.25, -0.2) is 4.79 Å². The second kappa shape index (κ2) is 9.75. The second-order valence-electron chi connectivity index (χ2n) is 6.67. The lowest BCUT2D eigenvalue weighted by atomic mass is 10.1. The molecule has 1 aromatic carbocycles. The van der Waals surface area contributed by atoms with E-state index in [2.05, 4.69) is 10.6 Å². The van der Waals surface area contributed by atoms with Crippen molar-refractivity contribution in [3.05, 3.63) is 29.8 Å². The zero-order valence-corrected chi connectivity index (χ0v) is 14.7. The van der Waals surface area contributed by atoms with Gasteiger partial charge in [0.2, 0.25) is 0 Å². The molecule has 1 aromatic rings. The van der Waals surface area contributed by atoms with Crippen LogP contribution in [0.3, 0.4) is 0 Å². The van der Waals surface area contributed by atoms with E-state index in [1.54, 1.807) is 0 Å². The highest BCUT2D eigenvalue weighted by Gasteiger charge is 2.16. The molecule has 0 saturated carbocycles. The average Bonchev–Trinajstić information content (AvgIpc) is 3.15. The third-order valence-corrected chi connectivity index (χ3v) is 4.55. The molecule has 2 amide bonds. The van der Waals surface area contributed by atoms with E-state index in [0.717, 1.165) is 50.1 Å². The normalized spacial score (nSPS) is 23.4. The van der Waals surface area contributed by atoms with Gasteiger partial charge in [0, 0.05) is 25.4 Å². The zero-order chi connectivity index (χ0) is 17.3. The maximum atomic E-state index is 12.0. The first-order chi connectivity index (χ1) is 12.3. The number of anilines is 1. The Bertz CT molecular complexity index is 540. The van der Waals surface area contributed by atoms with Crippen molar-refractivity contribution in [2.45, 2.75) is 50.9 Å². The van der Waals surface area contributed by atoms with Gasteiger partial charge in [-0.3, -0.25) is 0 Å². The molecular formula is C19H28N2O4. The van der Waals surface area contributed by atoms with Gasteiger partial charge in [0.05, 0.1) is 25.4 Å². The van der Waals surface area contributed by atoms with Crippen LogP contribution in [0.15, 0.2) is 24.3 Å². The van der Waals surface area contributed by atoms with E-state index in [1.807, 2.05) is 24.3 Å². The van der Waals surface area contributed by atoms with Gasteiger partial charge in [0.1, 0.15) is 0 Å². The third-order valence-electron chi connectivity index (χ3n) is 4.55. The SMILES string of the molecule is O=C(NC[C@H]1CCCO1)Nc1cccc(COC[C@H]2CCCCO2)c1. The summed E-state index contributed by atoms with van der Waals surface area (Å²) in [5.41, 5.74) is 1.80. The molecule has 6 nitrogen and oxygen atoms in total. The highest BCUT2D eigenvalue weighted by molar-refractivity contribution is 5.89. The molecule has 0 aromatic heterocycles. The highest BCUT2D eigenvalue weighted by Crippen LogP contribution is 2.15. The van der Waals surface area contributed by atoms with Crippen LogP contribution in [0.1, 0.15) is 37.7 Å². The molecule has 2 fully saturated rings. The van der Waals surface area contributed by atoms with Gasteiger partial charge < -0.3 is 24.8 Å². The van der Waals surface area contributed by atoms with Gasteiger partial charge in [0.15, 0.2) is 0 Å². The number of nitrogens with one attached hydrogen (secondary N) is 2. The number of hydrogen-bond acceptors (Lipinski definition) is 4. The molecule has 6 heteroatoms. The van der Waals surface area contributed by atoms with Crippen LogP contribution in [-0.4, -0.2) is 44.6 Å². The number of benzene rings is 1. The summed E-state index contributed by atoms with van der Waals surface area (Å²) in [6.07, 6.45) is 5.89. The van der Waals surface area contributed by atoms with Crippen LogP contribution in [0.25, 0.3) is 0 Å². The van der Waals surface area contributed by atoms with Crippen molar-refractivity contribution in [2.75, 3.05) is 31.7 Å². The summed E-state index contributed by atoms with van der Waals surface area (Å²) in [4.78, 5) is 12.0. The van der Waals surface area contributed by atoms with E-state index in [0.29, 0.717) is 19.8 Å². The summed E-state index contributed by atoms with van der Waals surface area (Å²) in [5.74, 6) is 0. The van der Waals surface area contributed by atoms with E-state index < -0.39 is 0 Å². The van der Waals surface area contributed by atoms with Crippen LogP contribution in [0.2, 0.25) is 0 Å². The Hall–Kier alpha value is -1.63. The van der Waals surface area contributed by atoms with Crippen LogP contribution in [0.4, 0.5) is 10.5 Å². The molecule has 2 N–H and O–H groups in total. The van der Waals surface area contributed by atoms with Crippen LogP contribution in [0, 0.1) is 0 Å². The summed E-state index contributed by atoms with van der Waals surface area (Å²) in [5, 5.41) is 5.72. The van der Waals surface area contributed by atoms with E-state index in [9.17, 15) is 4.79 Å². The summed E-state index contributed by atoms with van der Waals surface area (Å²) in [6, 6.07) is 7.53. The van der Waals surface area contributed by atoms with Crippen molar-refractivity contribution in [2.24, 2.45) is 0 Å². The third kappa shape index (κ3) is 6.30. The molecule has 3 rings (SSSR count). The topological polar surface area (TPSA) is 68.8 Å². The number of carbonyl (C=O) groups is 1. The van der Waals surface area contributed by atoms with E-state index >= 15 is 0 Å². The maximum absolute atomic E-state index is 12.0. The quantitative estimate of drug-likeness (QED) is 0.795. The van der Waals surface area contributed by atoms with Crippen molar-refractivity contribution < 1.29 is 19.0 Å². The highest BCUT2D eigenvalue weighted by atomic mass is 16.5. The van der Waals surface area contributed by atoms with Gasteiger partial charge in [-0.2, -0.15) is 0 Å². The molecule has 2 aliphatic heterocycles. The minimum Gasteiger partial charge on any atom is -0.376 e. The molecule has 2 atom stereocenters. The Morgan fingerprint density at radius 3 is 2.76 bits per heavy atom. The second-order valence-corrected chi connectivity index (χ2v) is 6.67. The minimum absolute atomic E-state index is 0.146. The Balaban J connectivity index is 1.38.